The number of aliphatic hydroxyl groups is 1. The molecule has 0 saturated carbocycles. The lowest BCUT2D eigenvalue weighted by Crippen LogP contribution is -2.45. The second kappa shape index (κ2) is 7.74. The van der Waals surface area contributed by atoms with Crippen LogP contribution in [0.2, 0.25) is 0 Å². The molecule has 3 rings (SSSR count). The van der Waals surface area contributed by atoms with Crippen LogP contribution >= 0.6 is 12.4 Å². The standard InChI is InChI=1S/C20H23FN2O2.ClH/c1-20(2)17-14(21)10-7-11-15(17)23(19(20)25)18(16(24)12-22-3)13-8-5-4-6-9-13;/h4-11,16,18,22,24H,12H2,1-3H3;1H/t16-,18+;/m1./s1. The van der Waals surface area contributed by atoms with Crippen molar-refractivity contribution < 1.29 is 14.3 Å². The molecule has 1 aliphatic rings. The summed E-state index contributed by atoms with van der Waals surface area (Å²) >= 11 is 0. The van der Waals surface area contributed by atoms with Crippen LogP contribution in [0.25, 0.3) is 0 Å². The number of nitrogens with zero attached hydrogens (tertiary/aromatic N) is 1. The van der Waals surface area contributed by atoms with E-state index in [1.165, 1.54) is 6.07 Å². The van der Waals surface area contributed by atoms with Crippen LogP contribution < -0.4 is 10.2 Å². The Morgan fingerprint density at radius 3 is 2.42 bits per heavy atom. The summed E-state index contributed by atoms with van der Waals surface area (Å²) in [6.07, 6.45) is -0.832. The third-order valence-corrected chi connectivity index (χ3v) is 4.83. The molecule has 6 heteroatoms. The lowest BCUT2D eigenvalue weighted by Gasteiger charge is -2.33. The van der Waals surface area contributed by atoms with E-state index in [9.17, 15) is 14.3 Å². The molecule has 1 aliphatic heterocycles. The number of hydrogen-bond acceptors (Lipinski definition) is 3. The van der Waals surface area contributed by atoms with E-state index >= 15 is 0 Å². The number of rotatable bonds is 5. The van der Waals surface area contributed by atoms with E-state index < -0.39 is 23.4 Å². The molecule has 4 nitrogen and oxygen atoms in total. The average Bonchev–Trinajstić information content (AvgIpc) is 2.78. The zero-order valence-electron chi connectivity index (χ0n) is 15.1. The van der Waals surface area contributed by atoms with Crippen molar-refractivity contribution in [3.63, 3.8) is 0 Å². The Morgan fingerprint density at radius 1 is 1.15 bits per heavy atom. The molecule has 2 aromatic rings. The lowest BCUT2D eigenvalue weighted by atomic mass is 9.86. The van der Waals surface area contributed by atoms with E-state index in [1.807, 2.05) is 30.3 Å². The number of fused-ring (bicyclic) bond motifs is 1. The number of halogens is 2. The Hall–Kier alpha value is -1.95. The summed E-state index contributed by atoms with van der Waals surface area (Å²) in [5.74, 6) is -0.607. The van der Waals surface area contributed by atoms with Crippen molar-refractivity contribution in [1.82, 2.24) is 5.32 Å². The van der Waals surface area contributed by atoms with Crippen molar-refractivity contribution in [2.24, 2.45) is 0 Å². The molecule has 0 spiro atoms. The maximum absolute atomic E-state index is 14.5. The van der Waals surface area contributed by atoms with Crippen molar-refractivity contribution >= 4 is 24.0 Å². The SMILES string of the molecule is CNC[C@@H](O)[C@H](c1ccccc1)N1C(=O)C(C)(C)c2c(F)cccc21.Cl. The summed E-state index contributed by atoms with van der Waals surface area (Å²) in [6.45, 7) is 3.77. The van der Waals surface area contributed by atoms with E-state index in [4.69, 9.17) is 0 Å². The maximum Gasteiger partial charge on any atom is 0.237 e. The van der Waals surface area contributed by atoms with E-state index in [1.54, 1.807) is 37.9 Å². The van der Waals surface area contributed by atoms with E-state index in [0.717, 1.165) is 5.56 Å². The smallest absolute Gasteiger partial charge is 0.237 e. The predicted molar refractivity (Wildman–Crippen MR) is 103 cm³/mol. The Balaban J connectivity index is 0.00000243. The van der Waals surface area contributed by atoms with Gasteiger partial charge in [0.2, 0.25) is 5.91 Å². The van der Waals surface area contributed by atoms with Gasteiger partial charge in [-0.15, -0.1) is 12.4 Å². The quantitative estimate of drug-likeness (QED) is 0.840. The summed E-state index contributed by atoms with van der Waals surface area (Å²) in [4.78, 5) is 14.7. The number of likely N-dealkylation sites (N-methyl/N-ethyl adjacent to an activating group) is 1. The van der Waals surface area contributed by atoms with Gasteiger partial charge in [-0.3, -0.25) is 4.79 Å². The van der Waals surface area contributed by atoms with Gasteiger partial charge in [-0.2, -0.15) is 0 Å². The molecule has 0 radical (unpaired) electrons. The molecule has 0 saturated heterocycles. The van der Waals surface area contributed by atoms with Crippen molar-refractivity contribution in [3.05, 3.63) is 65.5 Å². The molecule has 0 fully saturated rings. The molecule has 26 heavy (non-hydrogen) atoms. The van der Waals surface area contributed by atoms with Gasteiger partial charge in [-0.1, -0.05) is 36.4 Å². The highest BCUT2D eigenvalue weighted by atomic mass is 35.5. The third kappa shape index (κ3) is 3.22. The second-order valence-electron chi connectivity index (χ2n) is 6.91. The molecule has 1 amide bonds. The van der Waals surface area contributed by atoms with Crippen LogP contribution in [0.4, 0.5) is 10.1 Å². The number of amides is 1. The van der Waals surface area contributed by atoms with E-state index in [2.05, 4.69) is 5.32 Å². The molecule has 140 valence electrons. The minimum Gasteiger partial charge on any atom is -0.389 e. The van der Waals surface area contributed by atoms with Gasteiger partial charge in [0.1, 0.15) is 5.82 Å². The van der Waals surface area contributed by atoms with Gasteiger partial charge in [0.15, 0.2) is 0 Å². The Kier molecular flexibility index (Phi) is 6.06. The molecule has 2 N–H and O–H groups in total. The average molecular weight is 379 g/mol. The first-order valence-electron chi connectivity index (χ1n) is 8.40. The summed E-state index contributed by atoms with van der Waals surface area (Å²) < 4.78 is 14.5. The van der Waals surface area contributed by atoms with Crippen molar-refractivity contribution in [2.75, 3.05) is 18.5 Å². The monoisotopic (exact) mass is 378 g/mol. The van der Waals surface area contributed by atoms with Gasteiger partial charge in [0, 0.05) is 12.1 Å². The van der Waals surface area contributed by atoms with Crippen LogP contribution in [-0.2, 0) is 10.2 Å². The fourth-order valence-corrected chi connectivity index (χ4v) is 3.64. The van der Waals surface area contributed by atoms with Gasteiger partial charge >= 0.3 is 0 Å². The number of carbonyl (C=O) groups excluding carboxylic acids is 1. The van der Waals surface area contributed by atoms with E-state index in [-0.39, 0.29) is 18.3 Å². The van der Waals surface area contributed by atoms with Gasteiger partial charge in [0.25, 0.3) is 0 Å². The highest BCUT2D eigenvalue weighted by Crippen LogP contribution is 2.47. The summed E-state index contributed by atoms with van der Waals surface area (Å²) in [5.41, 5.74) is 0.746. The zero-order chi connectivity index (χ0) is 18.2. The molecular formula is C20H24ClFN2O2. The van der Waals surface area contributed by atoms with Gasteiger partial charge in [-0.05, 0) is 38.6 Å². The van der Waals surface area contributed by atoms with Crippen molar-refractivity contribution in [1.29, 1.82) is 0 Å². The van der Waals surface area contributed by atoms with Crippen molar-refractivity contribution in [2.45, 2.75) is 31.4 Å². The van der Waals surface area contributed by atoms with Crippen LogP contribution in [-0.4, -0.2) is 30.7 Å². The summed E-state index contributed by atoms with van der Waals surface area (Å²) in [6, 6.07) is 13.5. The first-order chi connectivity index (χ1) is 11.9. The summed E-state index contributed by atoms with van der Waals surface area (Å²) in [7, 11) is 1.74. The minimum atomic E-state index is -0.979. The number of hydrogen-bond donors (Lipinski definition) is 2. The highest BCUT2D eigenvalue weighted by molar-refractivity contribution is 6.08. The second-order valence-corrected chi connectivity index (χ2v) is 6.91. The number of benzene rings is 2. The molecule has 0 unspecified atom stereocenters. The third-order valence-electron chi connectivity index (χ3n) is 4.83. The number of anilines is 1. The topological polar surface area (TPSA) is 52.6 Å². The molecule has 2 atom stereocenters. The molecule has 0 aliphatic carbocycles. The van der Waals surface area contributed by atoms with Gasteiger partial charge < -0.3 is 15.3 Å². The summed E-state index contributed by atoms with van der Waals surface area (Å²) in [5, 5.41) is 13.7. The molecule has 2 aromatic carbocycles. The number of carbonyl (C=O) groups is 1. The number of nitrogens with one attached hydrogen (secondary N) is 1. The van der Waals surface area contributed by atoms with Crippen molar-refractivity contribution in [3.8, 4) is 0 Å². The van der Waals surface area contributed by atoms with Gasteiger partial charge in [0.05, 0.1) is 23.2 Å². The normalized spacial score (nSPS) is 17.4. The lowest BCUT2D eigenvalue weighted by molar-refractivity contribution is -0.123. The first kappa shape index (κ1) is 20.4. The first-order valence-corrected chi connectivity index (χ1v) is 8.40. The predicted octanol–water partition coefficient (Wildman–Crippen LogP) is 3.19. The Labute approximate surface area is 159 Å². The van der Waals surface area contributed by atoms with Crippen LogP contribution in [0.1, 0.15) is 31.0 Å². The zero-order valence-corrected chi connectivity index (χ0v) is 15.9. The number of aliphatic hydroxyl groups excluding tert-OH is 1. The Morgan fingerprint density at radius 2 is 1.81 bits per heavy atom. The fraction of sp³-hybridized carbons (Fsp3) is 0.350. The van der Waals surface area contributed by atoms with Crippen LogP contribution in [0.5, 0.6) is 0 Å². The minimum absolute atomic E-state index is 0. The Bertz CT molecular complexity index is 783. The van der Waals surface area contributed by atoms with Crippen LogP contribution in [0.3, 0.4) is 0 Å². The maximum atomic E-state index is 14.5. The van der Waals surface area contributed by atoms with Crippen LogP contribution in [0.15, 0.2) is 48.5 Å². The molecule has 1 heterocycles. The largest absolute Gasteiger partial charge is 0.389 e. The van der Waals surface area contributed by atoms with E-state index in [0.29, 0.717) is 17.8 Å². The highest BCUT2D eigenvalue weighted by Gasteiger charge is 2.49. The molecule has 0 bridgehead atoms. The molecular weight excluding hydrogens is 355 g/mol. The van der Waals surface area contributed by atoms with Gasteiger partial charge in [-0.25, -0.2) is 4.39 Å². The molecule has 0 aromatic heterocycles. The fourth-order valence-electron chi connectivity index (χ4n) is 3.64. The van der Waals surface area contributed by atoms with Crippen LogP contribution in [0, 0.1) is 5.82 Å².